The lowest BCUT2D eigenvalue weighted by Crippen LogP contribution is -2.53. The van der Waals surface area contributed by atoms with E-state index in [2.05, 4.69) is 5.32 Å². The van der Waals surface area contributed by atoms with Gasteiger partial charge in [-0.05, 0) is 55.5 Å². The van der Waals surface area contributed by atoms with Crippen LogP contribution in [0.2, 0.25) is 0 Å². The molecule has 8 nitrogen and oxygen atoms in total. The Bertz CT molecular complexity index is 1360. The maximum Gasteiger partial charge on any atom is 0.264 e. The Kier molecular flexibility index (Phi) is 11.8. The van der Waals surface area contributed by atoms with E-state index in [1.807, 2.05) is 58.0 Å². The zero-order valence-corrected chi connectivity index (χ0v) is 25.1. The summed E-state index contributed by atoms with van der Waals surface area (Å²) in [6, 6.07) is 23.7. The summed E-state index contributed by atoms with van der Waals surface area (Å²) in [5.74, 6) is -0.139. The third-order valence-electron chi connectivity index (χ3n) is 6.60. The SMILES string of the molecule is CCOc1ccccc1N(CC(=O)N(CCc1ccccc1)[C@H](CC)C(=O)NCC(C)C)S(=O)(=O)c1ccccc1. The summed E-state index contributed by atoms with van der Waals surface area (Å²) in [5, 5.41) is 2.95. The maximum absolute atomic E-state index is 14.1. The first-order valence-corrected chi connectivity index (χ1v) is 15.5. The molecule has 0 fully saturated rings. The van der Waals surface area contributed by atoms with Crippen molar-refractivity contribution in [3.63, 3.8) is 0 Å². The summed E-state index contributed by atoms with van der Waals surface area (Å²) >= 11 is 0. The number of rotatable bonds is 15. The third-order valence-corrected chi connectivity index (χ3v) is 8.37. The van der Waals surface area contributed by atoms with Gasteiger partial charge in [0.25, 0.3) is 10.0 Å². The number of para-hydroxylation sites is 2. The largest absolute Gasteiger partial charge is 0.492 e. The second-order valence-corrected chi connectivity index (χ2v) is 12.0. The smallest absolute Gasteiger partial charge is 0.264 e. The summed E-state index contributed by atoms with van der Waals surface area (Å²) in [6.07, 6.45) is 0.896. The number of nitrogens with one attached hydrogen (secondary N) is 1. The van der Waals surface area contributed by atoms with Crippen LogP contribution >= 0.6 is 0 Å². The molecule has 220 valence electrons. The highest BCUT2D eigenvalue weighted by molar-refractivity contribution is 7.92. The number of carbonyl (C=O) groups excluding carboxylic acids is 2. The van der Waals surface area contributed by atoms with Crippen LogP contribution < -0.4 is 14.4 Å². The molecule has 0 saturated heterocycles. The first-order chi connectivity index (χ1) is 19.7. The first kappa shape index (κ1) is 31.7. The van der Waals surface area contributed by atoms with E-state index in [-0.39, 0.29) is 29.0 Å². The van der Waals surface area contributed by atoms with E-state index in [1.165, 1.54) is 17.0 Å². The van der Waals surface area contributed by atoms with Gasteiger partial charge in [0.2, 0.25) is 11.8 Å². The van der Waals surface area contributed by atoms with Crippen LogP contribution in [0.3, 0.4) is 0 Å². The van der Waals surface area contributed by atoms with Crippen molar-refractivity contribution in [2.45, 2.75) is 51.5 Å². The molecule has 0 unspecified atom stereocenters. The van der Waals surface area contributed by atoms with Gasteiger partial charge in [-0.25, -0.2) is 8.42 Å². The summed E-state index contributed by atoms with van der Waals surface area (Å²) in [6.45, 7) is 8.22. The van der Waals surface area contributed by atoms with Crippen LogP contribution in [-0.2, 0) is 26.0 Å². The molecule has 2 amide bonds. The second-order valence-electron chi connectivity index (χ2n) is 10.1. The minimum absolute atomic E-state index is 0.0525. The highest BCUT2D eigenvalue weighted by atomic mass is 32.2. The summed E-state index contributed by atoms with van der Waals surface area (Å²) in [7, 11) is -4.16. The Morgan fingerprint density at radius 2 is 1.49 bits per heavy atom. The van der Waals surface area contributed by atoms with Crippen LogP contribution in [-0.4, -0.2) is 57.4 Å². The van der Waals surface area contributed by atoms with E-state index in [9.17, 15) is 18.0 Å². The van der Waals surface area contributed by atoms with Gasteiger partial charge in [-0.3, -0.25) is 13.9 Å². The molecule has 1 atom stereocenters. The minimum atomic E-state index is -4.16. The quantitative estimate of drug-likeness (QED) is 0.276. The fourth-order valence-corrected chi connectivity index (χ4v) is 5.94. The van der Waals surface area contributed by atoms with Crippen molar-refractivity contribution in [1.82, 2.24) is 10.2 Å². The van der Waals surface area contributed by atoms with Gasteiger partial charge in [-0.1, -0.05) is 81.4 Å². The first-order valence-electron chi connectivity index (χ1n) is 14.1. The number of carbonyl (C=O) groups is 2. The lowest BCUT2D eigenvalue weighted by molar-refractivity contribution is -0.139. The Hall–Kier alpha value is -3.85. The Balaban J connectivity index is 2.03. The standard InChI is InChI=1S/C32H41N3O5S/c1-5-28(32(37)33-23-25(3)4)34(22-21-26-15-9-7-10-16-26)31(36)24-35(29-19-13-14-20-30(29)40-6-2)41(38,39)27-17-11-8-12-18-27/h7-20,25,28H,5-6,21-24H2,1-4H3,(H,33,37)/t28-/m1/s1. The lowest BCUT2D eigenvalue weighted by Gasteiger charge is -2.33. The van der Waals surface area contributed by atoms with Gasteiger partial charge < -0.3 is 15.0 Å². The van der Waals surface area contributed by atoms with Crippen molar-refractivity contribution >= 4 is 27.5 Å². The molecule has 3 rings (SSSR count). The summed E-state index contributed by atoms with van der Waals surface area (Å²) in [4.78, 5) is 29.0. The molecule has 3 aromatic rings. The van der Waals surface area contributed by atoms with Gasteiger partial charge in [0.15, 0.2) is 0 Å². The highest BCUT2D eigenvalue weighted by Crippen LogP contribution is 2.32. The van der Waals surface area contributed by atoms with Gasteiger partial charge in [0.1, 0.15) is 18.3 Å². The van der Waals surface area contributed by atoms with E-state index < -0.39 is 28.5 Å². The summed E-state index contributed by atoms with van der Waals surface area (Å²) < 4.78 is 34.8. The van der Waals surface area contributed by atoms with Crippen molar-refractivity contribution in [2.24, 2.45) is 5.92 Å². The van der Waals surface area contributed by atoms with E-state index in [4.69, 9.17) is 4.74 Å². The molecule has 1 N–H and O–H groups in total. The lowest BCUT2D eigenvalue weighted by atomic mass is 10.1. The van der Waals surface area contributed by atoms with E-state index in [1.54, 1.807) is 42.5 Å². The fourth-order valence-electron chi connectivity index (χ4n) is 4.49. The number of hydrogen-bond acceptors (Lipinski definition) is 5. The van der Waals surface area contributed by atoms with Crippen molar-refractivity contribution in [3.05, 3.63) is 90.5 Å². The average molecular weight is 580 g/mol. The van der Waals surface area contributed by atoms with Crippen LogP contribution in [0.5, 0.6) is 5.75 Å². The monoisotopic (exact) mass is 579 g/mol. The molecule has 0 aromatic heterocycles. The topological polar surface area (TPSA) is 96.0 Å². The zero-order chi connectivity index (χ0) is 29.8. The van der Waals surface area contributed by atoms with Crippen molar-refractivity contribution in [2.75, 3.05) is 30.5 Å². The molecular weight excluding hydrogens is 538 g/mol. The van der Waals surface area contributed by atoms with Crippen LogP contribution in [0.4, 0.5) is 5.69 Å². The van der Waals surface area contributed by atoms with Crippen molar-refractivity contribution in [1.29, 1.82) is 0 Å². The molecule has 3 aromatic carbocycles. The second kappa shape index (κ2) is 15.2. The zero-order valence-electron chi connectivity index (χ0n) is 24.3. The predicted molar refractivity (Wildman–Crippen MR) is 162 cm³/mol. The van der Waals surface area contributed by atoms with E-state index in [0.29, 0.717) is 31.7 Å². The van der Waals surface area contributed by atoms with Crippen LogP contribution in [0.15, 0.2) is 89.8 Å². The van der Waals surface area contributed by atoms with Gasteiger partial charge in [0.05, 0.1) is 17.2 Å². The van der Waals surface area contributed by atoms with Crippen LogP contribution in [0, 0.1) is 5.92 Å². The van der Waals surface area contributed by atoms with Gasteiger partial charge in [0, 0.05) is 13.1 Å². The van der Waals surface area contributed by atoms with Crippen molar-refractivity contribution in [3.8, 4) is 5.75 Å². The number of amides is 2. The van der Waals surface area contributed by atoms with Crippen molar-refractivity contribution < 1.29 is 22.7 Å². The maximum atomic E-state index is 14.1. The predicted octanol–water partition coefficient (Wildman–Crippen LogP) is 4.90. The molecule has 0 aliphatic carbocycles. The average Bonchev–Trinajstić information content (AvgIpc) is 2.98. The van der Waals surface area contributed by atoms with Crippen LogP contribution in [0.25, 0.3) is 0 Å². The number of anilines is 1. The Morgan fingerprint density at radius 3 is 2.10 bits per heavy atom. The van der Waals surface area contributed by atoms with Gasteiger partial charge in [-0.15, -0.1) is 0 Å². The normalized spacial score (nSPS) is 12.0. The molecule has 0 radical (unpaired) electrons. The molecule has 41 heavy (non-hydrogen) atoms. The van der Waals surface area contributed by atoms with Gasteiger partial charge in [-0.2, -0.15) is 0 Å². The third kappa shape index (κ3) is 8.57. The summed E-state index contributed by atoms with van der Waals surface area (Å²) in [5.41, 5.74) is 1.27. The molecule has 0 bridgehead atoms. The van der Waals surface area contributed by atoms with Gasteiger partial charge >= 0.3 is 0 Å². The number of ether oxygens (including phenoxy) is 1. The highest BCUT2D eigenvalue weighted by Gasteiger charge is 2.34. The molecule has 0 aliphatic rings. The molecule has 0 heterocycles. The number of nitrogens with zero attached hydrogens (tertiary/aromatic N) is 2. The number of hydrogen-bond donors (Lipinski definition) is 1. The van der Waals surface area contributed by atoms with E-state index in [0.717, 1.165) is 9.87 Å². The Labute approximate surface area is 244 Å². The number of sulfonamides is 1. The fraction of sp³-hybridized carbons (Fsp3) is 0.375. The Morgan fingerprint density at radius 1 is 0.878 bits per heavy atom. The molecular formula is C32H41N3O5S. The minimum Gasteiger partial charge on any atom is -0.492 e. The molecule has 0 spiro atoms. The van der Waals surface area contributed by atoms with Crippen LogP contribution in [0.1, 0.15) is 39.7 Å². The van der Waals surface area contributed by atoms with E-state index >= 15 is 0 Å². The molecule has 0 aliphatic heterocycles. The number of benzene rings is 3. The molecule has 0 saturated carbocycles. The molecule has 9 heteroatoms.